The number of nitrogens with one attached hydrogen (secondary N) is 1. The van der Waals surface area contributed by atoms with E-state index in [0.717, 1.165) is 23.2 Å². The van der Waals surface area contributed by atoms with Crippen LogP contribution in [0, 0.1) is 5.92 Å². The number of hydrogen-bond acceptors (Lipinski definition) is 5. The summed E-state index contributed by atoms with van der Waals surface area (Å²) in [5.74, 6) is 1.03. The first kappa shape index (κ1) is 15.1. The summed E-state index contributed by atoms with van der Waals surface area (Å²) in [6.45, 7) is 4.36. The van der Waals surface area contributed by atoms with E-state index in [1.807, 2.05) is 37.1 Å². The van der Waals surface area contributed by atoms with Gasteiger partial charge in [0, 0.05) is 37.2 Å². The number of ether oxygens (including phenoxy) is 1. The van der Waals surface area contributed by atoms with Crippen LogP contribution in [-0.4, -0.2) is 43.1 Å². The zero-order chi connectivity index (χ0) is 16.9. The van der Waals surface area contributed by atoms with Crippen molar-refractivity contribution in [2.75, 3.05) is 7.05 Å². The van der Waals surface area contributed by atoms with Crippen molar-refractivity contribution in [3.63, 3.8) is 0 Å². The van der Waals surface area contributed by atoms with Gasteiger partial charge in [0.25, 0.3) is 0 Å². The Morgan fingerprint density at radius 1 is 1.33 bits per heavy atom. The Balaban J connectivity index is 1.73. The first-order chi connectivity index (χ1) is 11.5. The first-order valence-electron chi connectivity index (χ1n) is 8.20. The minimum Gasteiger partial charge on any atom is -0.469 e. The van der Waals surface area contributed by atoms with Crippen LogP contribution in [0.5, 0.6) is 5.88 Å². The maximum Gasteiger partial charge on any atom is 0.241 e. The minimum atomic E-state index is -0.223. The Labute approximate surface area is 140 Å². The van der Waals surface area contributed by atoms with Gasteiger partial charge < -0.3 is 10.1 Å². The molecule has 3 aromatic rings. The van der Waals surface area contributed by atoms with Gasteiger partial charge >= 0.3 is 0 Å². The summed E-state index contributed by atoms with van der Waals surface area (Å²) in [5.41, 5.74) is 2.40. The van der Waals surface area contributed by atoms with Crippen LogP contribution in [-0.2, 0) is 7.05 Å². The number of aromatic nitrogens is 5. The SMILES string of the molecule is CN[C@H]1C[C@](C)(Oc2nc(-c3cnn(C)c3)cn3nccc23)[C@@H]1C. The van der Waals surface area contributed by atoms with Crippen LogP contribution in [0.25, 0.3) is 16.8 Å². The van der Waals surface area contributed by atoms with E-state index < -0.39 is 0 Å². The van der Waals surface area contributed by atoms with E-state index in [1.54, 1.807) is 17.1 Å². The lowest BCUT2D eigenvalue weighted by Gasteiger charge is -2.50. The predicted molar refractivity (Wildman–Crippen MR) is 90.9 cm³/mol. The molecule has 0 saturated heterocycles. The normalized spacial score (nSPS) is 26.5. The van der Waals surface area contributed by atoms with E-state index >= 15 is 0 Å². The molecule has 1 N–H and O–H groups in total. The lowest BCUT2D eigenvalue weighted by atomic mass is 9.67. The molecule has 3 aromatic heterocycles. The van der Waals surface area contributed by atoms with Gasteiger partial charge in [0.1, 0.15) is 11.1 Å². The molecular formula is C17H22N6O. The molecule has 1 aliphatic carbocycles. The largest absolute Gasteiger partial charge is 0.469 e. The van der Waals surface area contributed by atoms with Gasteiger partial charge in [-0.05, 0) is 20.0 Å². The Morgan fingerprint density at radius 3 is 2.83 bits per heavy atom. The van der Waals surface area contributed by atoms with Crippen molar-refractivity contribution in [2.45, 2.75) is 31.9 Å². The summed E-state index contributed by atoms with van der Waals surface area (Å²) in [5, 5.41) is 11.9. The molecule has 0 spiro atoms. The van der Waals surface area contributed by atoms with Crippen LogP contribution in [0.15, 0.2) is 30.9 Å². The monoisotopic (exact) mass is 326 g/mol. The summed E-state index contributed by atoms with van der Waals surface area (Å²) in [4.78, 5) is 4.75. The Bertz CT molecular complexity index is 884. The number of aryl methyl sites for hydroxylation is 1. The molecule has 0 bridgehead atoms. The van der Waals surface area contributed by atoms with Crippen LogP contribution >= 0.6 is 0 Å². The van der Waals surface area contributed by atoms with Crippen LogP contribution < -0.4 is 10.1 Å². The fraction of sp³-hybridized carbons (Fsp3) is 0.471. The third kappa shape index (κ3) is 2.27. The fourth-order valence-corrected chi connectivity index (χ4v) is 3.44. The zero-order valence-electron chi connectivity index (χ0n) is 14.4. The second-order valence-corrected chi connectivity index (χ2v) is 6.80. The van der Waals surface area contributed by atoms with Gasteiger partial charge in [0.15, 0.2) is 0 Å². The number of nitrogens with zero attached hydrogens (tertiary/aromatic N) is 5. The maximum absolute atomic E-state index is 6.38. The van der Waals surface area contributed by atoms with Crippen molar-refractivity contribution < 1.29 is 4.74 Å². The smallest absolute Gasteiger partial charge is 0.241 e. The van der Waals surface area contributed by atoms with Gasteiger partial charge in [0.05, 0.1) is 24.3 Å². The highest BCUT2D eigenvalue weighted by molar-refractivity contribution is 5.63. The number of rotatable bonds is 4. The Hall–Kier alpha value is -2.41. The molecule has 1 saturated carbocycles. The van der Waals surface area contributed by atoms with Crippen molar-refractivity contribution in [2.24, 2.45) is 13.0 Å². The van der Waals surface area contributed by atoms with E-state index in [9.17, 15) is 0 Å². The highest BCUT2D eigenvalue weighted by Gasteiger charge is 2.50. The average molecular weight is 326 g/mol. The molecule has 24 heavy (non-hydrogen) atoms. The van der Waals surface area contributed by atoms with Gasteiger partial charge in [0.2, 0.25) is 5.88 Å². The molecule has 0 unspecified atom stereocenters. The topological polar surface area (TPSA) is 69.3 Å². The molecule has 7 heteroatoms. The molecule has 1 fully saturated rings. The second kappa shape index (κ2) is 5.31. The van der Waals surface area contributed by atoms with Crippen molar-refractivity contribution in [3.05, 3.63) is 30.9 Å². The first-order valence-corrected chi connectivity index (χ1v) is 8.20. The van der Waals surface area contributed by atoms with Gasteiger partial charge in [-0.3, -0.25) is 4.68 Å². The summed E-state index contributed by atoms with van der Waals surface area (Å²) in [6, 6.07) is 2.41. The highest BCUT2D eigenvalue weighted by Crippen LogP contribution is 2.42. The molecule has 0 aromatic carbocycles. The summed E-state index contributed by atoms with van der Waals surface area (Å²) in [7, 11) is 3.89. The van der Waals surface area contributed by atoms with E-state index in [2.05, 4.69) is 29.4 Å². The van der Waals surface area contributed by atoms with E-state index in [1.165, 1.54) is 0 Å². The van der Waals surface area contributed by atoms with Crippen molar-refractivity contribution in [3.8, 4) is 17.1 Å². The van der Waals surface area contributed by atoms with Gasteiger partial charge in [-0.1, -0.05) is 6.92 Å². The molecular weight excluding hydrogens is 304 g/mol. The Morgan fingerprint density at radius 2 is 2.17 bits per heavy atom. The molecule has 4 rings (SSSR count). The molecule has 3 heterocycles. The quantitative estimate of drug-likeness (QED) is 0.793. The summed E-state index contributed by atoms with van der Waals surface area (Å²) < 4.78 is 9.96. The van der Waals surface area contributed by atoms with Crippen molar-refractivity contribution in [1.82, 2.24) is 29.7 Å². The summed E-state index contributed by atoms with van der Waals surface area (Å²) in [6.07, 6.45) is 8.37. The maximum atomic E-state index is 6.38. The minimum absolute atomic E-state index is 0.223. The molecule has 126 valence electrons. The summed E-state index contributed by atoms with van der Waals surface area (Å²) >= 11 is 0. The Kier molecular flexibility index (Phi) is 3.35. The number of hydrogen-bond donors (Lipinski definition) is 1. The standard InChI is InChI=1S/C17H22N6O/c1-11-13(18-3)7-17(11,2)24-16-15-5-6-19-23(15)10-14(21-16)12-8-20-22(4)9-12/h5-6,8-11,13,18H,7H2,1-4H3/t11-,13+,17+/m1/s1. The van der Waals surface area contributed by atoms with Gasteiger partial charge in [-0.25, -0.2) is 9.50 Å². The van der Waals surface area contributed by atoms with Gasteiger partial charge in [-0.15, -0.1) is 0 Å². The molecule has 1 aliphatic rings. The third-order valence-corrected chi connectivity index (χ3v) is 5.25. The van der Waals surface area contributed by atoms with E-state index in [4.69, 9.17) is 9.72 Å². The molecule has 3 atom stereocenters. The highest BCUT2D eigenvalue weighted by atomic mass is 16.5. The lowest BCUT2D eigenvalue weighted by molar-refractivity contribution is -0.0729. The van der Waals surface area contributed by atoms with Crippen LogP contribution in [0.3, 0.4) is 0 Å². The third-order valence-electron chi connectivity index (χ3n) is 5.25. The zero-order valence-corrected chi connectivity index (χ0v) is 14.4. The predicted octanol–water partition coefficient (Wildman–Crippen LogP) is 1.90. The average Bonchev–Trinajstić information content (AvgIpc) is 3.21. The molecule has 0 amide bonds. The van der Waals surface area contributed by atoms with Crippen molar-refractivity contribution >= 4 is 5.52 Å². The van der Waals surface area contributed by atoms with E-state index in [0.29, 0.717) is 17.8 Å². The van der Waals surface area contributed by atoms with Crippen LogP contribution in [0.2, 0.25) is 0 Å². The molecule has 0 radical (unpaired) electrons. The second-order valence-electron chi connectivity index (χ2n) is 6.80. The lowest BCUT2D eigenvalue weighted by Crippen LogP contribution is -2.62. The van der Waals surface area contributed by atoms with Crippen molar-refractivity contribution in [1.29, 1.82) is 0 Å². The van der Waals surface area contributed by atoms with Gasteiger partial charge in [-0.2, -0.15) is 10.2 Å². The van der Waals surface area contributed by atoms with Crippen LogP contribution in [0.4, 0.5) is 0 Å². The molecule has 7 nitrogen and oxygen atoms in total. The number of fused-ring (bicyclic) bond motifs is 1. The van der Waals surface area contributed by atoms with Crippen LogP contribution in [0.1, 0.15) is 20.3 Å². The fourth-order valence-electron chi connectivity index (χ4n) is 3.44. The molecule has 0 aliphatic heterocycles. The van der Waals surface area contributed by atoms with E-state index in [-0.39, 0.29) is 5.60 Å².